The number of benzene rings is 3. The molecule has 0 heterocycles. The van der Waals surface area contributed by atoms with Crippen molar-refractivity contribution < 1.29 is 27.5 Å². The number of amides is 2. The molecule has 0 aliphatic heterocycles. The quantitative estimate of drug-likeness (QED) is 0.513. The fourth-order valence-corrected chi connectivity index (χ4v) is 2.74. The van der Waals surface area contributed by atoms with Crippen LogP contribution < -0.4 is 15.4 Å². The van der Waals surface area contributed by atoms with Crippen molar-refractivity contribution in [1.82, 2.24) is 0 Å². The van der Waals surface area contributed by atoms with Gasteiger partial charge in [0.2, 0.25) is 0 Å². The van der Waals surface area contributed by atoms with Crippen LogP contribution in [-0.2, 0) is 11.0 Å². The van der Waals surface area contributed by atoms with Gasteiger partial charge in [-0.15, -0.1) is 0 Å². The molecule has 3 rings (SSSR count). The molecule has 3 aromatic rings. The van der Waals surface area contributed by atoms with E-state index in [-0.39, 0.29) is 17.3 Å². The van der Waals surface area contributed by atoms with Gasteiger partial charge in [0.25, 0.3) is 11.8 Å². The van der Waals surface area contributed by atoms with Crippen molar-refractivity contribution in [3.05, 3.63) is 88.9 Å². The fourth-order valence-electron chi connectivity index (χ4n) is 2.61. The Balaban J connectivity index is 1.55. The van der Waals surface area contributed by atoms with Crippen LogP contribution in [0, 0.1) is 0 Å². The smallest absolute Gasteiger partial charge is 0.418 e. The highest BCUT2D eigenvalue weighted by atomic mass is 35.5. The van der Waals surface area contributed by atoms with Crippen molar-refractivity contribution in [3.8, 4) is 5.75 Å². The Morgan fingerprint density at radius 3 is 2.16 bits per heavy atom. The number of hydrogen-bond acceptors (Lipinski definition) is 3. The average molecular weight is 449 g/mol. The van der Waals surface area contributed by atoms with E-state index in [1.807, 2.05) is 0 Å². The van der Waals surface area contributed by atoms with Crippen molar-refractivity contribution in [2.24, 2.45) is 0 Å². The number of para-hydroxylation sites is 1. The van der Waals surface area contributed by atoms with Gasteiger partial charge < -0.3 is 15.4 Å². The van der Waals surface area contributed by atoms with Crippen LogP contribution in [0.15, 0.2) is 72.8 Å². The number of anilines is 2. The second kappa shape index (κ2) is 9.53. The van der Waals surface area contributed by atoms with Crippen LogP contribution in [0.2, 0.25) is 5.02 Å². The summed E-state index contributed by atoms with van der Waals surface area (Å²) in [4.78, 5) is 24.2. The summed E-state index contributed by atoms with van der Waals surface area (Å²) in [5.74, 6) is -0.820. The Kier molecular flexibility index (Phi) is 6.81. The number of hydrogen-bond donors (Lipinski definition) is 2. The van der Waals surface area contributed by atoms with Crippen LogP contribution in [0.3, 0.4) is 0 Å². The minimum Gasteiger partial charge on any atom is -0.484 e. The second-order valence-electron chi connectivity index (χ2n) is 6.37. The van der Waals surface area contributed by atoms with Gasteiger partial charge in [0.1, 0.15) is 5.75 Å². The molecule has 2 amide bonds. The van der Waals surface area contributed by atoms with Gasteiger partial charge in [-0.25, -0.2) is 0 Å². The van der Waals surface area contributed by atoms with Gasteiger partial charge in [0.15, 0.2) is 6.61 Å². The minimum absolute atomic E-state index is 0.280. The number of alkyl halides is 3. The first-order chi connectivity index (χ1) is 14.7. The normalized spacial score (nSPS) is 11.0. The highest BCUT2D eigenvalue weighted by Crippen LogP contribution is 2.34. The van der Waals surface area contributed by atoms with Crippen molar-refractivity contribution in [1.29, 1.82) is 0 Å². The zero-order valence-corrected chi connectivity index (χ0v) is 16.6. The Morgan fingerprint density at radius 1 is 0.871 bits per heavy atom. The Morgan fingerprint density at radius 2 is 1.52 bits per heavy atom. The van der Waals surface area contributed by atoms with Crippen molar-refractivity contribution >= 4 is 34.8 Å². The topological polar surface area (TPSA) is 67.4 Å². The molecule has 0 unspecified atom stereocenters. The third-order valence-corrected chi connectivity index (χ3v) is 4.35. The van der Waals surface area contributed by atoms with E-state index in [0.29, 0.717) is 16.3 Å². The predicted octanol–water partition coefficient (Wildman–Crippen LogP) is 5.63. The zero-order chi connectivity index (χ0) is 22.4. The maximum atomic E-state index is 13.0. The van der Waals surface area contributed by atoms with E-state index in [1.54, 1.807) is 24.3 Å². The van der Waals surface area contributed by atoms with Gasteiger partial charge in [0, 0.05) is 16.3 Å². The van der Waals surface area contributed by atoms with Crippen LogP contribution >= 0.6 is 11.6 Å². The van der Waals surface area contributed by atoms with E-state index in [0.717, 1.165) is 12.1 Å². The number of ether oxygens (including phenoxy) is 1. The van der Waals surface area contributed by atoms with E-state index in [9.17, 15) is 22.8 Å². The van der Waals surface area contributed by atoms with Gasteiger partial charge in [-0.05, 0) is 60.7 Å². The minimum atomic E-state index is -4.59. The van der Waals surface area contributed by atoms with Gasteiger partial charge >= 0.3 is 6.18 Å². The monoisotopic (exact) mass is 448 g/mol. The molecule has 2 N–H and O–H groups in total. The largest absolute Gasteiger partial charge is 0.484 e. The second-order valence-corrected chi connectivity index (χ2v) is 6.80. The number of carbonyl (C=O) groups excluding carboxylic acids is 2. The van der Waals surface area contributed by atoms with E-state index in [2.05, 4.69) is 10.6 Å². The molecule has 0 saturated carbocycles. The van der Waals surface area contributed by atoms with Gasteiger partial charge in [-0.3, -0.25) is 9.59 Å². The number of rotatable bonds is 6. The highest BCUT2D eigenvalue weighted by Gasteiger charge is 2.33. The maximum Gasteiger partial charge on any atom is 0.418 e. The molecule has 0 bridgehead atoms. The summed E-state index contributed by atoms with van der Waals surface area (Å²) in [5, 5.41) is 5.44. The lowest BCUT2D eigenvalue weighted by Crippen LogP contribution is -2.22. The fraction of sp³-hybridized carbons (Fsp3) is 0.0909. The lowest BCUT2D eigenvalue weighted by Gasteiger charge is -2.14. The molecule has 0 spiro atoms. The van der Waals surface area contributed by atoms with Crippen molar-refractivity contribution in [2.75, 3.05) is 17.2 Å². The summed E-state index contributed by atoms with van der Waals surface area (Å²) >= 11 is 5.80. The molecule has 0 atom stereocenters. The summed E-state index contributed by atoms with van der Waals surface area (Å²) < 4.78 is 44.3. The molecule has 0 aliphatic rings. The van der Waals surface area contributed by atoms with Crippen LogP contribution in [0.25, 0.3) is 0 Å². The molecule has 5 nitrogen and oxygen atoms in total. The summed E-state index contributed by atoms with van der Waals surface area (Å²) in [6.07, 6.45) is -4.59. The molecule has 31 heavy (non-hydrogen) atoms. The highest BCUT2D eigenvalue weighted by molar-refractivity contribution is 6.30. The van der Waals surface area contributed by atoms with Crippen LogP contribution in [0.5, 0.6) is 5.75 Å². The summed E-state index contributed by atoms with van der Waals surface area (Å²) in [6, 6.07) is 17.2. The van der Waals surface area contributed by atoms with E-state index in [4.69, 9.17) is 16.3 Å². The lowest BCUT2D eigenvalue weighted by molar-refractivity contribution is -0.137. The predicted molar refractivity (Wildman–Crippen MR) is 111 cm³/mol. The number of halogens is 4. The summed E-state index contributed by atoms with van der Waals surface area (Å²) in [7, 11) is 0. The van der Waals surface area contributed by atoms with Crippen LogP contribution in [0.1, 0.15) is 15.9 Å². The van der Waals surface area contributed by atoms with Crippen LogP contribution in [0.4, 0.5) is 24.5 Å². The molecule has 0 radical (unpaired) electrons. The Hall–Kier alpha value is -3.52. The molecule has 3 aromatic carbocycles. The van der Waals surface area contributed by atoms with Gasteiger partial charge in [-0.2, -0.15) is 13.2 Å². The zero-order valence-electron chi connectivity index (χ0n) is 15.9. The SMILES string of the molecule is O=C(COc1ccc(C(=O)Nc2ccc(Cl)cc2)cc1)Nc1ccccc1C(F)(F)F. The molecular formula is C22H16ClF3N2O3. The van der Waals surface area contributed by atoms with Gasteiger partial charge in [-0.1, -0.05) is 23.7 Å². The number of nitrogens with one attached hydrogen (secondary N) is 2. The summed E-state index contributed by atoms with van der Waals surface area (Å²) in [6.45, 7) is -0.498. The third-order valence-electron chi connectivity index (χ3n) is 4.10. The van der Waals surface area contributed by atoms with E-state index in [1.165, 1.54) is 36.4 Å². The van der Waals surface area contributed by atoms with E-state index < -0.39 is 24.3 Å². The first-order valence-electron chi connectivity index (χ1n) is 8.98. The molecule has 0 fully saturated rings. The first kappa shape index (κ1) is 22.2. The van der Waals surface area contributed by atoms with Crippen molar-refractivity contribution in [3.63, 3.8) is 0 Å². The average Bonchev–Trinajstić information content (AvgIpc) is 2.74. The first-order valence-corrected chi connectivity index (χ1v) is 9.36. The standard InChI is InChI=1S/C22H16ClF3N2O3/c23-15-7-9-16(10-8-15)27-21(30)14-5-11-17(12-6-14)31-13-20(29)28-19-4-2-1-3-18(19)22(24,25)26/h1-12H,13H2,(H,27,30)(H,28,29). The molecule has 0 aliphatic carbocycles. The third kappa shape index (κ3) is 6.23. The lowest BCUT2D eigenvalue weighted by atomic mass is 10.1. The van der Waals surface area contributed by atoms with Gasteiger partial charge in [0.05, 0.1) is 11.3 Å². The maximum absolute atomic E-state index is 13.0. The Bertz CT molecular complexity index is 1070. The molecule has 160 valence electrons. The molecule has 0 saturated heterocycles. The van der Waals surface area contributed by atoms with Crippen LogP contribution in [-0.4, -0.2) is 18.4 Å². The molecule has 0 aromatic heterocycles. The Labute approximate surface area is 180 Å². The molecular weight excluding hydrogens is 433 g/mol. The molecule has 9 heteroatoms. The van der Waals surface area contributed by atoms with Crippen molar-refractivity contribution in [2.45, 2.75) is 6.18 Å². The van der Waals surface area contributed by atoms with E-state index >= 15 is 0 Å². The number of carbonyl (C=O) groups is 2. The summed E-state index contributed by atoms with van der Waals surface area (Å²) in [5.41, 5.74) is -0.367.